The standard InChI is InChI=1S/C16H21FN2O3/c1-10-6-7-12(17)13(8-10)18-15(21)16(22)19(2)9-11-4-3-5-14(11)20/h6-8,11,14,20H,3-5,9H2,1-2H3,(H,18,21). The summed E-state index contributed by atoms with van der Waals surface area (Å²) in [6.45, 7) is 2.09. The second kappa shape index (κ2) is 6.87. The molecule has 2 atom stereocenters. The molecule has 1 aromatic carbocycles. The Labute approximate surface area is 129 Å². The van der Waals surface area contributed by atoms with Crippen LogP contribution in [0.4, 0.5) is 10.1 Å². The second-order valence-corrected chi connectivity index (χ2v) is 5.88. The Balaban J connectivity index is 1.96. The molecule has 2 rings (SSSR count). The molecule has 120 valence electrons. The Hall–Kier alpha value is -1.95. The average Bonchev–Trinajstić information content (AvgIpc) is 2.87. The fourth-order valence-corrected chi connectivity index (χ4v) is 2.75. The van der Waals surface area contributed by atoms with Gasteiger partial charge in [-0.05, 0) is 37.5 Å². The number of benzene rings is 1. The van der Waals surface area contributed by atoms with Gasteiger partial charge in [0.25, 0.3) is 0 Å². The number of halogens is 1. The summed E-state index contributed by atoms with van der Waals surface area (Å²) in [7, 11) is 1.51. The maximum absolute atomic E-state index is 13.6. The summed E-state index contributed by atoms with van der Waals surface area (Å²) < 4.78 is 13.6. The van der Waals surface area contributed by atoms with Gasteiger partial charge in [0.1, 0.15) is 5.82 Å². The maximum atomic E-state index is 13.6. The van der Waals surface area contributed by atoms with E-state index in [1.54, 1.807) is 13.0 Å². The highest BCUT2D eigenvalue weighted by Crippen LogP contribution is 2.26. The number of likely N-dealkylation sites (N-methyl/N-ethyl adjacent to an activating group) is 1. The molecule has 1 aliphatic rings. The third-order valence-corrected chi connectivity index (χ3v) is 4.04. The number of amides is 2. The minimum absolute atomic E-state index is 0.00236. The van der Waals surface area contributed by atoms with E-state index in [1.165, 1.54) is 24.1 Å². The lowest BCUT2D eigenvalue weighted by molar-refractivity contribution is -0.142. The number of carbonyl (C=O) groups is 2. The van der Waals surface area contributed by atoms with Crippen LogP contribution in [0.5, 0.6) is 0 Å². The molecule has 1 saturated carbocycles. The summed E-state index contributed by atoms with van der Waals surface area (Å²) in [6.07, 6.45) is 2.07. The van der Waals surface area contributed by atoms with E-state index in [2.05, 4.69) is 5.32 Å². The van der Waals surface area contributed by atoms with Gasteiger partial charge in [-0.25, -0.2) is 4.39 Å². The van der Waals surface area contributed by atoms with Crippen molar-refractivity contribution in [2.45, 2.75) is 32.3 Å². The molecule has 22 heavy (non-hydrogen) atoms. The van der Waals surface area contributed by atoms with Gasteiger partial charge in [-0.1, -0.05) is 12.5 Å². The summed E-state index contributed by atoms with van der Waals surface area (Å²) in [4.78, 5) is 25.3. The smallest absolute Gasteiger partial charge is 0.313 e. The van der Waals surface area contributed by atoms with Gasteiger partial charge < -0.3 is 15.3 Å². The largest absolute Gasteiger partial charge is 0.393 e. The molecule has 0 aromatic heterocycles. The van der Waals surface area contributed by atoms with Gasteiger partial charge in [0, 0.05) is 19.5 Å². The molecule has 0 heterocycles. The van der Waals surface area contributed by atoms with Crippen molar-refractivity contribution in [3.63, 3.8) is 0 Å². The molecular formula is C16H21FN2O3. The van der Waals surface area contributed by atoms with Crippen molar-refractivity contribution < 1.29 is 19.1 Å². The second-order valence-electron chi connectivity index (χ2n) is 5.88. The van der Waals surface area contributed by atoms with Crippen molar-refractivity contribution in [3.05, 3.63) is 29.6 Å². The minimum Gasteiger partial charge on any atom is -0.393 e. The topological polar surface area (TPSA) is 69.6 Å². The lowest BCUT2D eigenvalue weighted by atomic mass is 10.1. The van der Waals surface area contributed by atoms with Crippen LogP contribution in [0, 0.1) is 18.7 Å². The molecule has 0 saturated heterocycles. The van der Waals surface area contributed by atoms with E-state index in [-0.39, 0.29) is 11.6 Å². The Morgan fingerprint density at radius 2 is 2.14 bits per heavy atom. The number of nitrogens with one attached hydrogen (secondary N) is 1. The van der Waals surface area contributed by atoms with E-state index in [4.69, 9.17) is 0 Å². The summed E-state index contributed by atoms with van der Waals surface area (Å²) in [5, 5.41) is 12.1. The first-order chi connectivity index (χ1) is 10.4. The molecule has 5 nitrogen and oxygen atoms in total. The van der Waals surface area contributed by atoms with Crippen molar-refractivity contribution in [2.75, 3.05) is 18.9 Å². The van der Waals surface area contributed by atoms with Crippen LogP contribution in [0.15, 0.2) is 18.2 Å². The third-order valence-electron chi connectivity index (χ3n) is 4.04. The molecule has 1 aliphatic carbocycles. The molecule has 0 aliphatic heterocycles. The Bertz CT molecular complexity index is 577. The number of carbonyl (C=O) groups excluding carboxylic acids is 2. The zero-order valence-corrected chi connectivity index (χ0v) is 12.8. The van der Waals surface area contributed by atoms with Gasteiger partial charge in [0.15, 0.2) is 0 Å². The molecule has 0 bridgehead atoms. The zero-order valence-electron chi connectivity index (χ0n) is 12.8. The highest BCUT2D eigenvalue weighted by atomic mass is 19.1. The van der Waals surface area contributed by atoms with Crippen molar-refractivity contribution in [3.8, 4) is 0 Å². The van der Waals surface area contributed by atoms with E-state index in [0.29, 0.717) is 6.54 Å². The zero-order chi connectivity index (χ0) is 16.3. The summed E-state index contributed by atoms with van der Waals surface area (Å²) in [5.74, 6) is -2.20. The van der Waals surface area contributed by atoms with Crippen molar-refractivity contribution in [1.29, 1.82) is 0 Å². The number of rotatable bonds is 3. The van der Waals surface area contributed by atoms with Crippen LogP contribution in [-0.4, -0.2) is 41.5 Å². The van der Waals surface area contributed by atoms with Gasteiger partial charge >= 0.3 is 11.8 Å². The monoisotopic (exact) mass is 308 g/mol. The van der Waals surface area contributed by atoms with Crippen LogP contribution in [0.25, 0.3) is 0 Å². The van der Waals surface area contributed by atoms with Crippen molar-refractivity contribution in [2.24, 2.45) is 5.92 Å². The lowest BCUT2D eigenvalue weighted by Gasteiger charge is -2.22. The molecule has 1 aromatic rings. The number of aliphatic hydroxyl groups is 1. The normalized spacial score (nSPS) is 20.7. The van der Waals surface area contributed by atoms with E-state index in [0.717, 1.165) is 24.8 Å². The molecule has 0 radical (unpaired) electrons. The molecule has 1 fully saturated rings. The van der Waals surface area contributed by atoms with Gasteiger partial charge in [-0.15, -0.1) is 0 Å². The van der Waals surface area contributed by atoms with Crippen LogP contribution < -0.4 is 5.32 Å². The summed E-state index contributed by atoms with van der Waals surface area (Å²) in [5.41, 5.74) is 0.777. The number of anilines is 1. The van der Waals surface area contributed by atoms with Gasteiger partial charge in [-0.2, -0.15) is 0 Å². The van der Waals surface area contributed by atoms with E-state index < -0.39 is 23.7 Å². The molecule has 2 N–H and O–H groups in total. The fraction of sp³-hybridized carbons (Fsp3) is 0.500. The highest BCUT2D eigenvalue weighted by molar-refractivity contribution is 6.39. The van der Waals surface area contributed by atoms with E-state index in [9.17, 15) is 19.1 Å². The molecular weight excluding hydrogens is 287 g/mol. The van der Waals surface area contributed by atoms with Gasteiger partial charge in [-0.3, -0.25) is 9.59 Å². The summed E-state index contributed by atoms with van der Waals surface area (Å²) >= 11 is 0. The number of hydrogen-bond acceptors (Lipinski definition) is 3. The predicted molar refractivity (Wildman–Crippen MR) is 80.8 cm³/mol. The molecule has 6 heteroatoms. The Morgan fingerprint density at radius 3 is 2.77 bits per heavy atom. The predicted octanol–water partition coefficient (Wildman–Crippen LogP) is 1.69. The first-order valence-corrected chi connectivity index (χ1v) is 7.39. The number of nitrogens with zero attached hydrogens (tertiary/aromatic N) is 1. The number of hydrogen-bond donors (Lipinski definition) is 2. The number of aryl methyl sites for hydroxylation is 1. The van der Waals surface area contributed by atoms with Gasteiger partial charge in [0.2, 0.25) is 0 Å². The van der Waals surface area contributed by atoms with Crippen LogP contribution in [0.1, 0.15) is 24.8 Å². The lowest BCUT2D eigenvalue weighted by Crippen LogP contribution is -2.41. The van der Waals surface area contributed by atoms with E-state index in [1.807, 2.05) is 0 Å². The van der Waals surface area contributed by atoms with Crippen molar-refractivity contribution in [1.82, 2.24) is 4.90 Å². The SMILES string of the molecule is Cc1ccc(F)c(NC(=O)C(=O)N(C)CC2CCCC2O)c1. The minimum atomic E-state index is -0.875. The van der Waals surface area contributed by atoms with Crippen LogP contribution in [0.3, 0.4) is 0 Å². The Kier molecular flexibility index (Phi) is 5.13. The van der Waals surface area contributed by atoms with Crippen molar-refractivity contribution >= 4 is 17.5 Å². The van der Waals surface area contributed by atoms with Crippen LogP contribution in [0.2, 0.25) is 0 Å². The van der Waals surface area contributed by atoms with Crippen LogP contribution in [-0.2, 0) is 9.59 Å². The number of aliphatic hydroxyl groups excluding tert-OH is 1. The first-order valence-electron chi connectivity index (χ1n) is 7.39. The fourth-order valence-electron chi connectivity index (χ4n) is 2.75. The van der Waals surface area contributed by atoms with Gasteiger partial charge in [0.05, 0.1) is 11.8 Å². The molecule has 2 unspecified atom stereocenters. The quantitative estimate of drug-likeness (QED) is 0.835. The molecule has 2 amide bonds. The Morgan fingerprint density at radius 1 is 1.41 bits per heavy atom. The molecule has 0 spiro atoms. The van der Waals surface area contributed by atoms with Crippen LogP contribution >= 0.6 is 0 Å². The third kappa shape index (κ3) is 3.82. The summed E-state index contributed by atoms with van der Waals surface area (Å²) in [6, 6.07) is 4.30. The first kappa shape index (κ1) is 16.4. The average molecular weight is 308 g/mol. The maximum Gasteiger partial charge on any atom is 0.313 e. The van der Waals surface area contributed by atoms with E-state index >= 15 is 0 Å². The highest BCUT2D eigenvalue weighted by Gasteiger charge is 2.29.